The number of carboxylic acids is 1. The number of rotatable bonds is 5. The van der Waals surface area contributed by atoms with Crippen molar-refractivity contribution in [2.24, 2.45) is 11.8 Å². The second-order valence-electron chi connectivity index (χ2n) is 5.07. The van der Waals surface area contributed by atoms with Crippen molar-refractivity contribution in [3.8, 4) is 0 Å². The minimum Gasteiger partial charge on any atom is -0.481 e. The average molecular weight is 277 g/mol. The first kappa shape index (κ1) is 14.2. The standard InChI is InChI=1S/C14H15NO5/c16-13(8-10-2-1-3-12(10)14(17)18)9-4-6-11(7-5-9)15(19)20/h4-7,10,12H,1-3,8H2,(H,17,18)/t10-,12+/m0/s1. The van der Waals surface area contributed by atoms with Gasteiger partial charge in [-0.05, 0) is 30.9 Å². The lowest BCUT2D eigenvalue weighted by Crippen LogP contribution is -2.20. The summed E-state index contributed by atoms with van der Waals surface area (Å²) in [6.07, 6.45) is 2.38. The number of carbonyl (C=O) groups is 2. The molecule has 0 aromatic heterocycles. The Morgan fingerprint density at radius 3 is 2.45 bits per heavy atom. The van der Waals surface area contributed by atoms with E-state index in [0.717, 1.165) is 12.8 Å². The van der Waals surface area contributed by atoms with Crippen molar-refractivity contribution in [1.82, 2.24) is 0 Å². The molecule has 0 bridgehead atoms. The maximum atomic E-state index is 12.1. The fraction of sp³-hybridized carbons (Fsp3) is 0.429. The molecule has 1 fully saturated rings. The third kappa shape index (κ3) is 3.01. The zero-order valence-electron chi connectivity index (χ0n) is 10.8. The minimum atomic E-state index is -0.844. The summed E-state index contributed by atoms with van der Waals surface area (Å²) in [5.74, 6) is -1.57. The van der Waals surface area contributed by atoms with Crippen LogP contribution in [0.15, 0.2) is 24.3 Å². The van der Waals surface area contributed by atoms with Crippen LogP contribution in [0.1, 0.15) is 36.0 Å². The molecule has 0 aliphatic heterocycles. The molecular formula is C14H15NO5. The van der Waals surface area contributed by atoms with E-state index in [1.54, 1.807) is 0 Å². The fourth-order valence-corrected chi connectivity index (χ4v) is 2.73. The third-order valence-electron chi connectivity index (χ3n) is 3.82. The van der Waals surface area contributed by atoms with Crippen molar-refractivity contribution in [2.45, 2.75) is 25.7 Å². The van der Waals surface area contributed by atoms with Gasteiger partial charge in [0.05, 0.1) is 10.8 Å². The molecule has 0 radical (unpaired) electrons. The first-order chi connectivity index (χ1) is 9.49. The average Bonchev–Trinajstić information content (AvgIpc) is 2.87. The molecule has 2 atom stereocenters. The monoisotopic (exact) mass is 277 g/mol. The highest BCUT2D eigenvalue weighted by Crippen LogP contribution is 2.35. The molecule has 0 amide bonds. The smallest absolute Gasteiger partial charge is 0.306 e. The Morgan fingerprint density at radius 2 is 1.90 bits per heavy atom. The van der Waals surface area contributed by atoms with Gasteiger partial charge in [0.2, 0.25) is 0 Å². The lowest BCUT2D eigenvalue weighted by atomic mass is 9.89. The van der Waals surface area contributed by atoms with Crippen LogP contribution in [0, 0.1) is 22.0 Å². The van der Waals surface area contributed by atoms with E-state index in [0.29, 0.717) is 12.0 Å². The maximum absolute atomic E-state index is 12.1. The van der Waals surface area contributed by atoms with Gasteiger partial charge in [-0.15, -0.1) is 0 Å². The van der Waals surface area contributed by atoms with Crippen molar-refractivity contribution in [3.05, 3.63) is 39.9 Å². The number of ketones is 1. The minimum absolute atomic E-state index is 0.0640. The number of nitro groups is 1. The van der Waals surface area contributed by atoms with Crippen LogP contribution < -0.4 is 0 Å². The van der Waals surface area contributed by atoms with E-state index in [4.69, 9.17) is 5.11 Å². The van der Waals surface area contributed by atoms with E-state index < -0.39 is 16.8 Å². The Hall–Kier alpha value is -2.24. The quantitative estimate of drug-likeness (QED) is 0.507. The second kappa shape index (κ2) is 5.81. The molecule has 1 aliphatic carbocycles. The molecule has 0 spiro atoms. The normalized spacial score (nSPS) is 21.6. The number of nitrogens with zero attached hydrogens (tertiary/aromatic N) is 1. The predicted octanol–water partition coefficient (Wildman–Crippen LogP) is 2.67. The topological polar surface area (TPSA) is 97.5 Å². The lowest BCUT2D eigenvalue weighted by molar-refractivity contribution is -0.384. The van der Waals surface area contributed by atoms with Crippen LogP contribution in [0.2, 0.25) is 0 Å². The van der Waals surface area contributed by atoms with Gasteiger partial charge in [0.25, 0.3) is 5.69 Å². The Bertz CT molecular complexity index is 537. The molecule has 20 heavy (non-hydrogen) atoms. The van der Waals surface area contributed by atoms with E-state index in [9.17, 15) is 19.7 Å². The number of carbonyl (C=O) groups excluding carboxylic acids is 1. The van der Waals surface area contributed by atoms with Gasteiger partial charge in [-0.25, -0.2) is 0 Å². The van der Waals surface area contributed by atoms with Crippen LogP contribution in [0.5, 0.6) is 0 Å². The van der Waals surface area contributed by atoms with E-state index >= 15 is 0 Å². The van der Waals surface area contributed by atoms with E-state index in [2.05, 4.69) is 0 Å². The largest absolute Gasteiger partial charge is 0.481 e. The summed E-state index contributed by atoms with van der Waals surface area (Å²) in [6, 6.07) is 5.42. The zero-order chi connectivity index (χ0) is 14.7. The van der Waals surface area contributed by atoms with Crippen molar-refractivity contribution >= 4 is 17.4 Å². The van der Waals surface area contributed by atoms with E-state index in [1.807, 2.05) is 0 Å². The summed E-state index contributed by atoms with van der Waals surface area (Å²) in [5.41, 5.74) is 0.331. The molecule has 1 saturated carbocycles. The summed E-state index contributed by atoms with van der Waals surface area (Å²) in [7, 11) is 0. The third-order valence-corrected chi connectivity index (χ3v) is 3.82. The first-order valence-corrected chi connectivity index (χ1v) is 6.49. The molecule has 6 nitrogen and oxygen atoms in total. The van der Waals surface area contributed by atoms with E-state index in [1.165, 1.54) is 24.3 Å². The molecule has 1 aliphatic rings. The van der Waals surface area contributed by atoms with Gasteiger partial charge in [-0.1, -0.05) is 6.42 Å². The number of hydrogen-bond acceptors (Lipinski definition) is 4. The van der Waals surface area contributed by atoms with Crippen LogP contribution in [-0.4, -0.2) is 21.8 Å². The number of benzene rings is 1. The van der Waals surface area contributed by atoms with Crippen molar-refractivity contribution < 1.29 is 19.6 Å². The Kier molecular flexibility index (Phi) is 4.12. The molecule has 1 aromatic rings. The van der Waals surface area contributed by atoms with Crippen LogP contribution in [-0.2, 0) is 4.79 Å². The molecule has 0 saturated heterocycles. The highest BCUT2D eigenvalue weighted by Gasteiger charge is 2.34. The highest BCUT2D eigenvalue weighted by atomic mass is 16.6. The number of Topliss-reactive ketones (excluding diaryl/α,β-unsaturated/α-hetero) is 1. The van der Waals surface area contributed by atoms with Gasteiger partial charge in [0.1, 0.15) is 0 Å². The van der Waals surface area contributed by atoms with Crippen molar-refractivity contribution in [2.75, 3.05) is 0 Å². The summed E-state index contributed by atoms with van der Waals surface area (Å²) in [6.45, 7) is 0. The van der Waals surface area contributed by atoms with Crippen LogP contribution >= 0.6 is 0 Å². The molecule has 6 heteroatoms. The van der Waals surface area contributed by atoms with E-state index in [-0.39, 0.29) is 23.8 Å². The molecular weight excluding hydrogens is 262 g/mol. The Balaban J connectivity index is 2.04. The molecule has 1 aromatic carbocycles. The second-order valence-corrected chi connectivity index (χ2v) is 5.07. The van der Waals surface area contributed by atoms with Crippen LogP contribution in [0.3, 0.4) is 0 Å². The van der Waals surface area contributed by atoms with Gasteiger partial charge in [-0.2, -0.15) is 0 Å². The summed E-state index contributed by atoms with van der Waals surface area (Å²) >= 11 is 0. The van der Waals surface area contributed by atoms with Gasteiger partial charge in [0.15, 0.2) is 5.78 Å². The van der Waals surface area contributed by atoms with Gasteiger partial charge >= 0.3 is 5.97 Å². The summed E-state index contributed by atoms with van der Waals surface area (Å²) in [4.78, 5) is 33.2. The number of carboxylic acid groups (broad SMARTS) is 1. The number of hydrogen-bond donors (Lipinski definition) is 1. The fourth-order valence-electron chi connectivity index (χ4n) is 2.73. The SMILES string of the molecule is O=C(C[C@@H]1CCC[C@H]1C(=O)O)c1ccc([N+](=O)[O-])cc1. The van der Waals surface area contributed by atoms with Gasteiger partial charge < -0.3 is 5.11 Å². The van der Waals surface area contributed by atoms with Crippen molar-refractivity contribution in [1.29, 1.82) is 0 Å². The Morgan fingerprint density at radius 1 is 1.25 bits per heavy atom. The maximum Gasteiger partial charge on any atom is 0.306 e. The molecule has 0 unspecified atom stereocenters. The molecule has 2 rings (SSSR count). The number of nitro benzene ring substituents is 1. The van der Waals surface area contributed by atoms with Crippen LogP contribution in [0.25, 0.3) is 0 Å². The number of aliphatic carboxylic acids is 1. The molecule has 1 N–H and O–H groups in total. The predicted molar refractivity (Wildman–Crippen MR) is 70.5 cm³/mol. The van der Waals surface area contributed by atoms with Crippen LogP contribution in [0.4, 0.5) is 5.69 Å². The lowest BCUT2D eigenvalue weighted by Gasteiger charge is -2.14. The van der Waals surface area contributed by atoms with Gasteiger partial charge in [-0.3, -0.25) is 19.7 Å². The summed E-state index contributed by atoms with van der Waals surface area (Å²) in [5, 5.41) is 19.6. The molecule has 0 heterocycles. The zero-order valence-corrected chi connectivity index (χ0v) is 10.8. The highest BCUT2D eigenvalue weighted by molar-refractivity contribution is 5.96. The van der Waals surface area contributed by atoms with Gasteiger partial charge in [0, 0.05) is 24.1 Å². The summed E-state index contributed by atoms with van der Waals surface area (Å²) < 4.78 is 0. The first-order valence-electron chi connectivity index (χ1n) is 6.49. The molecule has 106 valence electrons. The van der Waals surface area contributed by atoms with Crippen molar-refractivity contribution in [3.63, 3.8) is 0 Å². The Labute approximate surface area is 115 Å². The number of non-ortho nitro benzene ring substituents is 1.